The Hall–Kier alpha value is -2.77. The molecule has 1 aliphatic heterocycles. The lowest BCUT2D eigenvalue weighted by Crippen LogP contribution is -2.37. The summed E-state index contributed by atoms with van der Waals surface area (Å²) < 4.78 is 5.47. The Morgan fingerprint density at radius 1 is 1.06 bits per heavy atom. The summed E-state index contributed by atoms with van der Waals surface area (Å²) in [7, 11) is 0. The molecule has 31 heavy (non-hydrogen) atoms. The van der Waals surface area contributed by atoms with Gasteiger partial charge in [-0.3, -0.25) is 4.79 Å². The van der Waals surface area contributed by atoms with Crippen molar-refractivity contribution in [3.63, 3.8) is 0 Å². The number of nitrogens with one attached hydrogen (secondary N) is 1. The minimum atomic E-state index is -0.707. The van der Waals surface area contributed by atoms with Crippen molar-refractivity contribution in [2.45, 2.75) is 26.7 Å². The normalized spacial score (nSPS) is 15.5. The van der Waals surface area contributed by atoms with Crippen molar-refractivity contribution in [2.75, 3.05) is 36.5 Å². The van der Waals surface area contributed by atoms with Crippen molar-refractivity contribution in [1.29, 1.82) is 0 Å². The van der Waals surface area contributed by atoms with Gasteiger partial charge >= 0.3 is 0 Å². The highest BCUT2D eigenvalue weighted by Crippen LogP contribution is 2.42. The van der Waals surface area contributed by atoms with Gasteiger partial charge in [-0.1, -0.05) is 67.1 Å². The Labute approximate surface area is 187 Å². The molecule has 2 heterocycles. The van der Waals surface area contributed by atoms with Gasteiger partial charge in [0.15, 0.2) is 0 Å². The number of carbonyl (C=O) groups excluding carboxylic acids is 1. The van der Waals surface area contributed by atoms with Crippen LogP contribution in [0, 0.1) is 12.3 Å². The van der Waals surface area contributed by atoms with Crippen LogP contribution in [0.25, 0.3) is 0 Å². The van der Waals surface area contributed by atoms with Crippen LogP contribution in [0.3, 0.4) is 0 Å². The van der Waals surface area contributed by atoms with Gasteiger partial charge in [-0.15, -0.1) is 10.2 Å². The van der Waals surface area contributed by atoms with Crippen molar-refractivity contribution in [2.24, 2.45) is 5.41 Å². The quantitative estimate of drug-likeness (QED) is 0.617. The van der Waals surface area contributed by atoms with Crippen LogP contribution in [0.2, 0.25) is 0 Å². The number of amides is 1. The largest absolute Gasteiger partial charge is 0.378 e. The average Bonchev–Trinajstić information content (AvgIpc) is 3.29. The van der Waals surface area contributed by atoms with Crippen molar-refractivity contribution < 1.29 is 9.53 Å². The molecule has 0 aliphatic carbocycles. The summed E-state index contributed by atoms with van der Waals surface area (Å²) in [6.07, 6.45) is 0. The van der Waals surface area contributed by atoms with E-state index in [1.165, 1.54) is 22.6 Å². The lowest BCUT2D eigenvalue weighted by Gasteiger charge is -2.34. The predicted molar refractivity (Wildman–Crippen MR) is 125 cm³/mol. The molecule has 1 aromatic heterocycles. The molecule has 7 heteroatoms. The minimum Gasteiger partial charge on any atom is -0.378 e. The number of benzene rings is 2. The summed E-state index contributed by atoms with van der Waals surface area (Å²) in [5.74, 6) is -0.188. The van der Waals surface area contributed by atoms with Gasteiger partial charge in [-0.25, -0.2) is 0 Å². The van der Waals surface area contributed by atoms with E-state index in [1.807, 2.05) is 13.8 Å². The van der Waals surface area contributed by atoms with E-state index in [4.69, 9.17) is 4.74 Å². The molecular formula is C24H28N4O2S. The molecule has 6 nitrogen and oxygen atoms in total. The third kappa shape index (κ3) is 4.78. The minimum absolute atomic E-state index is 0.0768. The Morgan fingerprint density at radius 3 is 2.26 bits per heavy atom. The average molecular weight is 437 g/mol. The highest BCUT2D eigenvalue weighted by atomic mass is 32.1. The Bertz CT molecular complexity index is 995. The van der Waals surface area contributed by atoms with Crippen molar-refractivity contribution >= 4 is 28.1 Å². The number of anilines is 2. The standard InChI is InChI=1S/C24H28N4O2S/c1-17-4-6-18(7-5-17)21(24(2,3)22(29)26-23-27-25-16-31-23)19-8-10-20(11-9-19)28-12-14-30-15-13-28/h4-11,16,21H,12-15H2,1-3H3,(H,26,27,29). The Balaban J connectivity index is 1.67. The first-order chi connectivity index (χ1) is 14.9. The number of rotatable bonds is 6. The van der Waals surface area contributed by atoms with Gasteiger partial charge in [0.05, 0.1) is 18.6 Å². The van der Waals surface area contributed by atoms with Gasteiger partial charge in [0.25, 0.3) is 0 Å². The van der Waals surface area contributed by atoms with Crippen LogP contribution in [-0.2, 0) is 9.53 Å². The van der Waals surface area contributed by atoms with E-state index in [2.05, 4.69) is 75.9 Å². The number of hydrogen-bond donors (Lipinski definition) is 1. The van der Waals surface area contributed by atoms with E-state index < -0.39 is 5.41 Å². The number of nitrogens with zero attached hydrogens (tertiary/aromatic N) is 3. The second kappa shape index (κ2) is 9.16. The van der Waals surface area contributed by atoms with Crippen molar-refractivity contribution in [3.8, 4) is 0 Å². The van der Waals surface area contributed by atoms with Crippen LogP contribution in [0.15, 0.2) is 54.0 Å². The van der Waals surface area contributed by atoms with Crippen molar-refractivity contribution in [1.82, 2.24) is 10.2 Å². The molecule has 1 unspecified atom stereocenters. The van der Waals surface area contributed by atoms with Crippen LogP contribution in [0.1, 0.15) is 36.5 Å². The molecule has 1 atom stereocenters. The van der Waals surface area contributed by atoms with Gasteiger partial charge in [-0.05, 0) is 30.2 Å². The molecule has 0 spiro atoms. The summed E-state index contributed by atoms with van der Waals surface area (Å²) >= 11 is 1.32. The molecule has 1 fully saturated rings. The molecule has 0 bridgehead atoms. The maximum atomic E-state index is 13.3. The fraction of sp³-hybridized carbons (Fsp3) is 0.375. The summed E-state index contributed by atoms with van der Waals surface area (Å²) in [5, 5.41) is 11.3. The molecule has 4 rings (SSSR count). The van der Waals surface area contributed by atoms with E-state index in [-0.39, 0.29) is 11.8 Å². The van der Waals surface area contributed by atoms with E-state index in [9.17, 15) is 4.79 Å². The van der Waals surface area contributed by atoms with Gasteiger partial charge in [0.2, 0.25) is 11.0 Å². The smallest absolute Gasteiger partial charge is 0.232 e. The lowest BCUT2D eigenvalue weighted by molar-refractivity contribution is -0.124. The Morgan fingerprint density at radius 2 is 1.68 bits per heavy atom. The number of hydrogen-bond acceptors (Lipinski definition) is 6. The van der Waals surface area contributed by atoms with Crippen LogP contribution >= 0.6 is 11.3 Å². The maximum absolute atomic E-state index is 13.3. The molecule has 0 radical (unpaired) electrons. The molecule has 0 saturated carbocycles. The monoisotopic (exact) mass is 436 g/mol. The summed E-state index contributed by atoms with van der Waals surface area (Å²) in [6.45, 7) is 9.36. The number of ether oxygens (including phenoxy) is 1. The van der Waals surface area contributed by atoms with Crippen molar-refractivity contribution in [3.05, 3.63) is 70.7 Å². The van der Waals surface area contributed by atoms with Crippen LogP contribution < -0.4 is 10.2 Å². The molecule has 1 N–H and O–H groups in total. The maximum Gasteiger partial charge on any atom is 0.232 e. The van der Waals surface area contributed by atoms with E-state index in [1.54, 1.807) is 5.51 Å². The zero-order valence-electron chi connectivity index (χ0n) is 18.2. The molecule has 3 aromatic rings. The first kappa shape index (κ1) is 21.5. The molecule has 1 aliphatic rings. The topological polar surface area (TPSA) is 67.3 Å². The zero-order chi connectivity index (χ0) is 21.8. The van der Waals surface area contributed by atoms with Gasteiger partial charge in [-0.2, -0.15) is 0 Å². The lowest BCUT2D eigenvalue weighted by atomic mass is 9.70. The number of aromatic nitrogens is 2. The zero-order valence-corrected chi connectivity index (χ0v) is 19.0. The van der Waals surface area contributed by atoms with Gasteiger partial charge in [0, 0.05) is 24.7 Å². The van der Waals surface area contributed by atoms with Crippen LogP contribution in [0.5, 0.6) is 0 Å². The molecule has 162 valence electrons. The van der Waals surface area contributed by atoms with Gasteiger partial charge < -0.3 is 15.0 Å². The van der Waals surface area contributed by atoms with Crippen LogP contribution in [0.4, 0.5) is 10.8 Å². The first-order valence-corrected chi connectivity index (χ1v) is 11.4. The Kier molecular flexibility index (Phi) is 6.34. The highest BCUT2D eigenvalue weighted by molar-refractivity contribution is 7.13. The first-order valence-electron chi connectivity index (χ1n) is 10.5. The third-order valence-electron chi connectivity index (χ3n) is 5.90. The van der Waals surface area contributed by atoms with E-state index in [0.29, 0.717) is 5.13 Å². The molecular weight excluding hydrogens is 408 g/mol. The summed E-state index contributed by atoms with van der Waals surface area (Å²) in [5.41, 5.74) is 5.51. The summed E-state index contributed by atoms with van der Waals surface area (Å²) in [6, 6.07) is 17.0. The fourth-order valence-corrected chi connectivity index (χ4v) is 4.54. The SMILES string of the molecule is Cc1ccc(C(c2ccc(N3CCOCC3)cc2)C(C)(C)C(=O)Nc2nncs2)cc1. The number of carbonyl (C=O) groups is 1. The summed E-state index contributed by atoms with van der Waals surface area (Å²) in [4.78, 5) is 15.6. The molecule has 2 aromatic carbocycles. The third-order valence-corrected chi connectivity index (χ3v) is 6.51. The second-order valence-electron chi connectivity index (χ2n) is 8.45. The molecule has 1 amide bonds. The van der Waals surface area contributed by atoms with E-state index in [0.717, 1.165) is 37.4 Å². The van der Waals surface area contributed by atoms with Gasteiger partial charge in [0.1, 0.15) is 5.51 Å². The highest BCUT2D eigenvalue weighted by Gasteiger charge is 2.39. The van der Waals surface area contributed by atoms with Crippen LogP contribution in [-0.4, -0.2) is 42.4 Å². The fourth-order valence-electron chi connectivity index (χ4n) is 4.10. The van der Waals surface area contributed by atoms with E-state index >= 15 is 0 Å². The molecule has 1 saturated heterocycles. The second-order valence-corrected chi connectivity index (χ2v) is 9.29. The predicted octanol–water partition coefficient (Wildman–Crippen LogP) is 4.48. The number of morpholine rings is 1. The number of aryl methyl sites for hydroxylation is 1.